The van der Waals surface area contributed by atoms with Crippen molar-refractivity contribution in [2.24, 2.45) is 14.1 Å². The molecule has 0 aliphatic rings. The predicted molar refractivity (Wildman–Crippen MR) is 120 cm³/mol. The number of hydrogen-bond acceptors (Lipinski definition) is 6. The summed E-state index contributed by atoms with van der Waals surface area (Å²) in [5, 5.41) is 22.2. The average Bonchev–Trinajstić information content (AvgIpc) is 2.67. The number of nitrogens with one attached hydrogen (secondary N) is 1. The van der Waals surface area contributed by atoms with E-state index in [0.29, 0.717) is 22.0 Å². The first-order chi connectivity index (χ1) is 13.7. The van der Waals surface area contributed by atoms with Crippen molar-refractivity contribution in [3.63, 3.8) is 0 Å². The topological polar surface area (TPSA) is 106 Å². The van der Waals surface area contributed by atoms with Gasteiger partial charge >= 0.3 is 0 Å². The van der Waals surface area contributed by atoms with Crippen LogP contribution in [-0.4, -0.2) is 38.7 Å². The fourth-order valence-corrected chi connectivity index (χ4v) is 3.82. The lowest BCUT2D eigenvalue weighted by atomic mass is 10.2. The summed E-state index contributed by atoms with van der Waals surface area (Å²) in [6.07, 6.45) is 0.328. The van der Waals surface area contributed by atoms with Crippen LogP contribution in [0.4, 0.5) is 11.4 Å². The Hall–Kier alpha value is -2.08. The molecule has 0 radical (unpaired) electrons. The van der Waals surface area contributed by atoms with E-state index >= 15 is 0 Å². The van der Waals surface area contributed by atoms with E-state index in [-0.39, 0.29) is 23.3 Å². The molecule has 0 amide bonds. The summed E-state index contributed by atoms with van der Waals surface area (Å²) >= 11 is 8.43. The molecule has 8 nitrogen and oxygen atoms in total. The third kappa shape index (κ3) is 4.42. The van der Waals surface area contributed by atoms with Crippen LogP contribution in [0.5, 0.6) is 5.75 Å². The van der Waals surface area contributed by atoms with E-state index < -0.39 is 18.1 Å². The predicted octanol–water partition coefficient (Wildman–Crippen LogP) is 1.97. The summed E-state index contributed by atoms with van der Waals surface area (Å²) < 4.78 is 9.31. The Kier molecular flexibility index (Phi) is 6.52. The van der Waals surface area contributed by atoms with E-state index in [2.05, 4.69) is 27.9 Å². The molecule has 0 aliphatic heterocycles. The molecule has 3 rings (SSSR count). The fraction of sp³-hybridized carbons (Fsp3) is 0.263. The van der Waals surface area contributed by atoms with Gasteiger partial charge in [0.05, 0.1) is 34.6 Å². The van der Waals surface area contributed by atoms with Crippen molar-refractivity contribution in [3.05, 3.63) is 59.6 Å². The molecule has 29 heavy (non-hydrogen) atoms. The van der Waals surface area contributed by atoms with Crippen LogP contribution < -0.4 is 21.0 Å². The van der Waals surface area contributed by atoms with Crippen molar-refractivity contribution in [3.8, 4) is 5.75 Å². The van der Waals surface area contributed by atoms with Gasteiger partial charge in [0, 0.05) is 23.7 Å². The molecule has 1 atom stereocenters. The summed E-state index contributed by atoms with van der Waals surface area (Å²) in [7, 11) is 3.25. The van der Waals surface area contributed by atoms with Crippen molar-refractivity contribution in [2.45, 2.75) is 6.10 Å². The van der Waals surface area contributed by atoms with E-state index in [4.69, 9.17) is 21.4 Å². The summed E-state index contributed by atoms with van der Waals surface area (Å²) in [5.74, 6) is -0.0112. The number of benzene rings is 1. The number of anilines is 2. The highest BCUT2D eigenvalue weighted by atomic mass is 127. The number of aryl methyl sites for hydroxylation is 2. The normalized spacial score (nSPS) is 12.2. The molecule has 10 heteroatoms. The Morgan fingerprint density at radius 2 is 1.97 bits per heavy atom. The second-order valence-corrected chi connectivity index (χ2v) is 8.14. The third-order valence-electron chi connectivity index (χ3n) is 4.35. The number of halogens is 2. The molecule has 1 unspecified atom stereocenters. The van der Waals surface area contributed by atoms with Crippen molar-refractivity contribution in [1.82, 2.24) is 9.13 Å². The van der Waals surface area contributed by atoms with E-state index in [1.54, 1.807) is 30.8 Å². The summed E-state index contributed by atoms with van der Waals surface area (Å²) in [6, 6.07) is 6.69. The smallest absolute Gasteiger partial charge is 0.253 e. The van der Waals surface area contributed by atoms with Gasteiger partial charge in [-0.25, -0.2) is 0 Å². The van der Waals surface area contributed by atoms with Crippen LogP contribution in [0, 0.1) is 3.57 Å². The number of pyridine rings is 2. The second kappa shape index (κ2) is 8.74. The fourth-order valence-electron chi connectivity index (χ4n) is 2.92. The molecule has 0 saturated heterocycles. The SMILES string of the molecule is Cn1cc(OCC(O)CO)c(=O)c2c(Nc3ccc(I)cc3Cl)cc(=O)n(C)c21. The summed E-state index contributed by atoms with van der Waals surface area (Å²) in [4.78, 5) is 25.6. The second-order valence-electron chi connectivity index (χ2n) is 6.48. The lowest BCUT2D eigenvalue weighted by Gasteiger charge is -2.17. The molecule has 2 heterocycles. The Morgan fingerprint density at radius 3 is 2.62 bits per heavy atom. The number of ether oxygens (including phenoxy) is 1. The maximum Gasteiger partial charge on any atom is 0.253 e. The number of aliphatic hydroxyl groups excluding tert-OH is 2. The van der Waals surface area contributed by atoms with Gasteiger partial charge in [-0.3, -0.25) is 14.2 Å². The van der Waals surface area contributed by atoms with E-state index in [0.717, 1.165) is 3.57 Å². The minimum atomic E-state index is -1.11. The van der Waals surface area contributed by atoms with Gasteiger partial charge in [0.1, 0.15) is 18.4 Å². The summed E-state index contributed by atoms with van der Waals surface area (Å²) in [5.41, 5.74) is 0.469. The van der Waals surface area contributed by atoms with Crippen LogP contribution in [-0.2, 0) is 14.1 Å². The van der Waals surface area contributed by atoms with Gasteiger partial charge in [0.15, 0.2) is 5.75 Å². The molecule has 0 aliphatic carbocycles. The van der Waals surface area contributed by atoms with Gasteiger partial charge in [-0.2, -0.15) is 0 Å². The van der Waals surface area contributed by atoms with Gasteiger partial charge in [-0.1, -0.05) is 11.6 Å². The molecule has 0 fully saturated rings. The Morgan fingerprint density at radius 1 is 1.24 bits per heavy atom. The van der Waals surface area contributed by atoms with E-state index in [9.17, 15) is 14.7 Å². The van der Waals surface area contributed by atoms with Crippen molar-refractivity contribution in [2.75, 3.05) is 18.5 Å². The number of fused-ring (bicyclic) bond motifs is 1. The third-order valence-corrected chi connectivity index (χ3v) is 5.33. The first-order valence-electron chi connectivity index (χ1n) is 8.60. The summed E-state index contributed by atoms with van der Waals surface area (Å²) in [6.45, 7) is -0.727. The van der Waals surface area contributed by atoms with Crippen molar-refractivity contribution < 1.29 is 14.9 Å². The Labute approximate surface area is 184 Å². The lowest BCUT2D eigenvalue weighted by molar-refractivity contribution is 0.0531. The van der Waals surface area contributed by atoms with Gasteiger partial charge < -0.3 is 24.8 Å². The van der Waals surface area contributed by atoms with Crippen molar-refractivity contribution in [1.29, 1.82) is 0 Å². The van der Waals surface area contributed by atoms with Gasteiger partial charge in [0.2, 0.25) is 5.43 Å². The molecular weight excluding hydrogens is 513 g/mol. The van der Waals surface area contributed by atoms with Crippen LogP contribution in [0.15, 0.2) is 40.1 Å². The zero-order chi connectivity index (χ0) is 21.3. The number of aromatic nitrogens is 2. The highest BCUT2D eigenvalue weighted by Crippen LogP contribution is 2.29. The quantitative estimate of drug-likeness (QED) is 0.420. The van der Waals surface area contributed by atoms with Crippen LogP contribution in [0.3, 0.4) is 0 Å². The monoisotopic (exact) mass is 531 g/mol. The maximum absolute atomic E-state index is 13.1. The Bertz CT molecular complexity index is 1190. The molecule has 2 aromatic heterocycles. The van der Waals surface area contributed by atoms with Gasteiger partial charge in [-0.15, -0.1) is 0 Å². The van der Waals surface area contributed by atoms with Crippen LogP contribution in [0.25, 0.3) is 11.0 Å². The minimum Gasteiger partial charge on any atom is -0.485 e. The average molecular weight is 532 g/mol. The zero-order valence-electron chi connectivity index (χ0n) is 15.6. The molecular formula is C19H19ClIN3O5. The standard InChI is InChI=1S/C19H19ClIN3O5/c1-23-7-15(29-9-11(26)8-25)18(28)17-14(6-16(27)24(2)19(17)23)22-13-4-3-10(21)5-12(13)20/h3-7,11,22,25-26H,8-9H2,1-2H3. The van der Waals surface area contributed by atoms with E-state index in [1.165, 1.54) is 16.8 Å². The van der Waals surface area contributed by atoms with Crippen molar-refractivity contribution >= 4 is 56.6 Å². The first-order valence-corrected chi connectivity index (χ1v) is 10.1. The van der Waals surface area contributed by atoms with Crippen LogP contribution >= 0.6 is 34.2 Å². The molecule has 0 saturated carbocycles. The number of hydrogen-bond donors (Lipinski definition) is 3. The maximum atomic E-state index is 13.1. The number of nitrogens with zero attached hydrogens (tertiary/aromatic N) is 2. The van der Waals surface area contributed by atoms with Gasteiger partial charge in [0.25, 0.3) is 5.56 Å². The number of aliphatic hydroxyl groups is 2. The van der Waals surface area contributed by atoms with Crippen LogP contribution in [0.1, 0.15) is 0 Å². The van der Waals surface area contributed by atoms with Crippen LogP contribution in [0.2, 0.25) is 5.02 Å². The molecule has 154 valence electrons. The largest absolute Gasteiger partial charge is 0.485 e. The lowest BCUT2D eigenvalue weighted by Crippen LogP contribution is -2.26. The molecule has 1 aromatic carbocycles. The Balaban J connectivity index is 2.21. The molecule has 3 N–H and O–H groups in total. The van der Waals surface area contributed by atoms with E-state index in [1.807, 2.05) is 6.07 Å². The van der Waals surface area contributed by atoms with Gasteiger partial charge in [-0.05, 0) is 40.8 Å². The highest BCUT2D eigenvalue weighted by molar-refractivity contribution is 14.1. The zero-order valence-corrected chi connectivity index (χ0v) is 18.6. The molecule has 3 aromatic rings. The number of rotatable bonds is 6. The highest BCUT2D eigenvalue weighted by Gasteiger charge is 2.18. The first kappa shape index (κ1) is 21.6. The molecule has 0 bridgehead atoms. The minimum absolute atomic E-state index is 0.0112. The molecule has 0 spiro atoms.